The van der Waals surface area contributed by atoms with Crippen LogP contribution in [0.3, 0.4) is 0 Å². The van der Waals surface area contributed by atoms with Crippen LogP contribution in [0.1, 0.15) is 42.7 Å². The highest BCUT2D eigenvalue weighted by atomic mass is 16.3. The number of piperidine rings is 2. The third-order valence-corrected chi connectivity index (χ3v) is 5.41. The van der Waals surface area contributed by atoms with E-state index in [2.05, 4.69) is 4.90 Å². The molecule has 3 nitrogen and oxygen atoms in total. The first-order valence-electron chi connectivity index (χ1n) is 7.53. The van der Waals surface area contributed by atoms with Crippen molar-refractivity contribution in [3.8, 4) is 11.5 Å². The van der Waals surface area contributed by atoms with Crippen LogP contribution in [-0.4, -0.2) is 34.2 Å². The maximum atomic E-state index is 10.2. The molecule has 0 spiro atoms. The minimum Gasteiger partial charge on any atom is -0.508 e. The highest BCUT2D eigenvalue weighted by Gasteiger charge is 2.44. The predicted molar refractivity (Wildman–Crippen MR) is 73.5 cm³/mol. The van der Waals surface area contributed by atoms with Gasteiger partial charge in [0.1, 0.15) is 11.5 Å². The van der Waals surface area contributed by atoms with Crippen molar-refractivity contribution in [2.24, 2.45) is 5.92 Å². The lowest BCUT2D eigenvalue weighted by Gasteiger charge is -2.52. The summed E-state index contributed by atoms with van der Waals surface area (Å²) in [5.41, 5.74) is 2.32. The molecule has 2 fully saturated rings. The van der Waals surface area contributed by atoms with Crippen LogP contribution >= 0.6 is 0 Å². The van der Waals surface area contributed by atoms with Crippen molar-refractivity contribution in [2.75, 3.05) is 13.1 Å². The van der Waals surface area contributed by atoms with Gasteiger partial charge >= 0.3 is 0 Å². The monoisotopic (exact) mass is 259 g/mol. The molecule has 2 N–H and O–H groups in total. The van der Waals surface area contributed by atoms with Gasteiger partial charge in [-0.1, -0.05) is 0 Å². The Labute approximate surface area is 113 Å². The van der Waals surface area contributed by atoms with E-state index in [1.807, 2.05) is 6.07 Å². The van der Waals surface area contributed by atoms with Crippen LogP contribution < -0.4 is 0 Å². The van der Waals surface area contributed by atoms with Gasteiger partial charge in [0.15, 0.2) is 0 Å². The van der Waals surface area contributed by atoms with Gasteiger partial charge in [-0.05, 0) is 68.3 Å². The van der Waals surface area contributed by atoms with Gasteiger partial charge in [-0.25, -0.2) is 0 Å². The fraction of sp³-hybridized carbons (Fsp3) is 0.625. The summed E-state index contributed by atoms with van der Waals surface area (Å²) in [6, 6.07) is 4.05. The Bertz CT molecular complexity index is 512. The summed E-state index contributed by atoms with van der Waals surface area (Å²) in [5.74, 6) is 1.72. The van der Waals surface area contributed by atoms with E-state index in [1.165, 1.54) is 50.4 Å². The van der Waals surface area contributed by atoms with Gasteiger partial charge < -0.3 is 10.2 Å². The Morgan fingerprint density at radius 2 is 1.84 bits per heavy atom. The van der Waals surface area contributed by atoms with Crippen LogP contribution in [0.15, 0.2) is 12.1 Å². The maximum Gasteiger partial charge on any atom is 0.122 e. The number of hydrogen-bond acceptors (Lipinski definition) is 3. The number of phenols is 2. The third-order valence-electron chi connectivity index (χ3n) is 5.41. The van der Waals surface area contributed by atoms with Gasteiger partial charge in [-0.2, -0.15) is 0 Å². The van der Waals surface area contributed by atoms with E-state index in [0.717, 1.165) is 12.0 Å². The van der Waals surface area contributed by atoms with Gasteiger partial charge in [-0.3, -0.25) is 4.90 Å². The first-order valence-corrected chi connectivity index (χ1v) is 7.53. The smallest absolute Gasteiger partial charge is 0.122 e. The van der Waals surface area contributed by atoms with E-state index < -0.39 is 0 Å². The molecule has 3 atom stereocenters. The minimum atomic E-state index is 0.211. The molecule has 3 unspecified atom stereocenters. The summed E-state index contributed by atoms with van der Waals surface area (Å²) in [7, 11) is 0. The molecular weight excluding hydrogens is 238 g/mol. The number of nitrogens with zero attached hydrogens (tertiary/aromatic N) is 1. The second kappa shape index (κ2) is 4.14. The zero-order valence-corrected chi connectivity index (χ0v) is 11.2. The normalized spacial score (nSPS) is 33.6. The van der Waals surface area contributed by atoms with Crippen LogP contribution in [-0.2, 0) is 6.42 Å². The fourth-order valence-corrected chi connectivity index (χ4v) is 4.74. The standard InChI is InChI=1S/C16H21NO2/c18-11-8-13-12-4-2-6-17-5-1-3-10(16(12)17)7-14(13)15(19)9-11/h8-10,12,16,18-19H,1-7H2. The van der Waals surface area contributed by atoms with E-state index in [0.29, 0.717) is 23.6 Å². The summed E-state index contributed by atoms with van der Waals surface area (Å²) in [6.45, 7) is 2.47. The zero-order valence-electron chi connectivity index (χ0n) is 11.2. The first-order chi connectivity index (χ1) is 9.24. The summed E-state index contributed by atoms with van der Waals surface area (Å²) in [6.07, 6.45) is 6.01. The highest BCUT2D eigenvalue weighted by molar-refractivity contribution is 5.49. The molecule has 0 radical (unpaired) electrons. The summed E-state index contributed by atoms with van der Waals surface area (Å²) >= 11 is 0. The average Bonchev–Trinajstić information content (AvgIpc) is 2.41. The first kappa shape index (κ1) is 11.6. The molecule has 19 heavy (non-hydrogen) atoms. The van der Waals surface area contributed by atoms with Crippen molar-refractivity contribution >= 4 is 0 Å². The molecule has 3 aliphatic rings. The Hall–Kier alpha value is -1.22. The van der Waals surface area contributed by atoms with Crippen LogP contribution in [0.2, 0.25) is 0 Å². The van der Waals surface area contributed by atoms with E-state index in [-0.39, 0.29) is 5.75 Å². The molecule has 0 aromatic heterocycles. The van der Waals surface area contributed by atoms with Crippen LogP contribution in [0.4, 0.5) is 0 Å². The van der Waals surface area contributed by atoms with Gasteiger partial charge in [0.2, 0.25) is 0 Å². The van der Waals surface area contributed by atoms with E-state index in [1.54, 1.807) is 0 Å². The Morgan fingerprint density at radius 3 is 2.68 bits per heavy atom. The summed E-state index contributed by atoms with van der Waals surface area (Å²) in [4.78, 5) is 2.66. The molecule has 2 saturated heterocycles. The highest BCUT2D eigenvalue weighted by Crippen LogP contribution is 2.49. The van der Waals surface area contributed by atoms with Crippen LogP contribution in [0.5, 0.6) is 11.5 Å². The van der Waals surface area contributed by atoms with Gasteiger partial charge in [0, 0.05) is 18.0 Å². The number of aromatic hydroxyl groups is 2. The van der Waals surface area contributed by atoms with Crippen molar-refractivity contribution in [3.05, 3.63) is 23.3 Å². The number of rotatable bonds is 0. The Morgan fingerprint density at radius 1 is 1.05 bits per heavy atom. The molecular formula is C16H21NO2. The number of phenolic OH excluding ortho intramolecular Hbond substituents is 2. The van der Waals surface area contributed by atoms with Crippen molar-refractivity contribution < 1.29 is 10.2 Å². The van der Waals surface area contributed by atoms with Crippen molar-refractivity contribution in [3.63, 3.8) is 0 Å². The molecule has 1 aromatic carbocycles. The SMILES string of the molecule is Oc1cc(O)c2c(c1)C1CCCN3CCCC(C2)C13. The molecule has 2 heterocycles. The van der Waals surface area contributed by atoms with Gasteiger partial charge in [-0.15, -0.1) is 0 Å². The lowest BCUT2D eigenvalue weighted by molar-refractivity contribution is 0.0344. The topological polar surface area (TPSA) is 43.7 Å². The van der Waals surface area contributed by atoms with Gasteiger partial charge in [0.05, 0.1) is 0 Å². The largest absolute Gasteiger partial charge is 0.508 e. The Balaban J connectivity index is 1.84. The summed E-state index contributed by atoms with van der Waals surface area (Å²) < 4.78 is 0. The van der Waals surface area contributed by atoms with Crippen molar-refractivity contribution in [2.45, 2.75) is 44.1 Å². The van der Waals surface area contributed by atoms with E-state index in [9.17, 15) is 10.2 Å². The molecule has 3 heteroatoms. The number of fused-ring (bicyclic) bond motifs is 2. The van der Waals surface area contributed by atoms with Crippen LogP contribution in [0, 0.1) is 5.92 Å². The molecule has 1 aromatic rings. The lowest BCUT2D eigenvalue weighted by atomic mass is 9.66. The number of hydrogen-bond donors (Lipinski definition) is 2. The maximum absolute atomic E-state index is 10.2. The average molecular weight is 259 g/mol. The molecule has 2 aliphatic heterocycles. The van der Waals surface area contributed by atoms with Crippen molar-refractivity contribution in [1.29, 1.82) is 0 Å². The minimum absolute atomic E-state index is 0.211. The molecule has 0 amide bonds. The Kier molecular flexibility index (Phi) is 2.52. The molecule has 1 aliphatic carbocycles. The van der Waals surface area contributed by atoms with E-state index >= 15 is 0 Å². The van der Waals surface area contributed by atoms with Crippen LogP contribution in [0.25, 0.3) is 0 Å². The molecule has 0 bridgehead atoms. The van der Waals surface area contributed by atoms with Gasteiger partial charge in [0.25, 0.3) is 0 Å². The second-order valence-corrected chi connectivity index (χ2v) is 6.41. The molecule has 0 saturated carbocycles. The molecule has 102 valence electrons. The van der Waals surface area contributed by atoms with E-state index in [4.69, 9.17) is 0 Å². The fourth-order valence-electron chi connectivity index (χ4n) is 4.74. The zero-order chi connectivity index (χ0) is 13.0. The third kappa shape index (κ3) is 1.68. The quantitative estimate of drug-likeness (QED) is 0.752. The summed E-state index contributed by atoms with van der Waals surface area (Å²) in [5, 5.41) is 19.9. The second-order valence-electron chi connectivity index (χ2n) is 6.41. The predicted octanol–water partition coefficient (Wildman–Crippen LogP) is 2.61. The molecule has 4 rings (SSSR count). The lowest BCUT2D eigenvalue weighted by Crippen LogP contribution is -2.54. The number of benzene rings is 1. The van der Waals surface area contributed by atoms with Crippen molar-refractivity contribution in [1.82, 2.24) is 4.90 Å².